The van der Waals surface area contributed by atoms with Crippen LogP contribution >= 0.6 is 36.6 Å². The predicted molar refractivity (Wildman–Crippen MR) is 86.0 cm³/mol. The molecule has 0 unspecified atom stereocenters. The van der Waals surface area contributed by atoms with E-state index < -0.39 is 12.2 Å². The zero-order valence-corrected chi connectivity index (χ0v) is 14.1. The number of benzene rings is 1. The van der Waals surface area contributed by atoms with Gasteiger partial charge in [-0.3, -0.25) is 4.90 Å². The van der Waals surface area contributed by atoms with Gasteiger partial charge in [0.05, 0.1) is 6.04 Å². The molecular formula is C13H18Cl2F4N2S. The quantitative estimate of drug-likeness (QED) is 0.626. The summed E-state index contributed by atoms with van der Waals surface area (Å²) in [5, 5.41) is 3.19. The van der Waals surface area contributed by atoms with Gasteiger partial charge in [-0.15, -0.1) is 24.8 Å². The standard InChI is InChI=1S/C13H16F4N2S.2ClH/c14-9-12(19-7-5-18-6-8-19)10-1-3-11(4-2-10)20-13(15,16)17;;/h1-4,12,18H,5-9H2;2*1H/t12-;;/m0../s1. The van der Waals surface area contributed by atoms with E-state index in [1.807, 2.05) is 4.90 Å². The average molecular weight is 381 g/mol. The first kappa shape index (κ1) is 21.8. The SMILES string of the molecule is Cl.Cl.FC[C@@H](c1ccc(SC(F)(F)F)cc1)N1CCNCC1. The first-order valence-corrected chi connectivity index (χ1v) is 7.18. The molecule has 0 bridgehead atoms. The smallest absolute Gasteiger partial charge is 0.314 e. The Morgan fingerprint density at radius 3 is 2.09 bits per heavy atom. The second-order valence-electron chi connectivity index (χ2n) is 4.57. The van der Waals surface area contributed by atoms with E-state index in [2.05, 4.69) is 5.32 Å². The van der Waals surface area contributed by atoms with Crippen molar-refractivity contribution in [2.45, 2.75) is 16.4 Å². The van der Waals surface area contributed by atoms with Gasteiger partial charge in [0.25, 0.3) is 0 Å². The summed E-state index contributed by atoms with van der Waals surface area (Å²) < 4.78 is 50.0. The summed E-state index contributed by atoms with van der Waals surface area (Å²) in [5.74, 6) is 0. The molecule has 0 amide bonds. The lowest BCUT2D eigenvalue weighted by Gasteiger charge is -2.33. The van der Waals surface area contributed by atoms with Crippen molar-refractivity contribution in [3.05, 3.63) is 29.8 Å². The zero-order valence-electron chi connectivity index (χ0n) is 11.6. The van der Waals surface area contributed by atoms with Gasteiger partial charge in [-0.05, 0) is 29.5 Å². The molecule has 9 heteroatoms. The molecule has 0 saturated carbocycles. The Hall–Kier alpha value is -0.210. The van der Waals surface area contributed by atoms with Gasteiger partial charge in [0.1, 0.15) is 6.67 Å². The van der Waals surface area contributed by atoms with Gasteiger partial charge >= 0.3 is 5.51 Å². The van der Waals surface area contributed by atoms with Crippen LogP contribution in [0.3, 0.4) is 0 Å². The van der Waals surface area contributed by atoms with Gasteiger partial charge in [0.2, 0.25) is 0 Å². The van der Waals surface area contributed by atoms with Crippen molar-refractivity contribution in [2.24, 2.45) is 0 Å². The minimum atomic E-state index is -4.29. The number of halogens is 6. The van der Waals surface area contributed by atoms with Crippen LogP contribution in [0.1, 0.15) is 11.6 Å². The van der Waals surface area contributed by atoms with Crippen molar-refractivity contribution in [1.29, 1.82) is 0 Å². The van der Waals surface area contributed by atoms with Crippen molar-refractivity contribution in [2.75, 3.05) is 32.9 Å². The van der Waals surface area contributed by atoms with E-state index in [9.17, 15) is 17.6 Å². The molecule has 128 valence electrons. The summed E-state index contributed by atoms with van der Waals surface area (Å²) in [6, 6.07) is 5.60. The van der Waals surface area contributed by atoms with Crippen molar-refractivity contribution in [3.63, 3.8) is 0 Å². The first-order chi connectivity index (χ1) is 9.49. The molecule has 1 N–H and O–H groups in total. The van der Waals surface area contributed by atoms with Crippen LogP contribution in [0.5, 0.6) is 0 Å². The third-order valence-electron chi connectivity index (χ3n) is 3.24. The van der Waals surface area contributed by atoms with Gasteiger partial charge in [-0.2, -0.15) is 13.2 Å². The van der Waals surface area contributed by atoms with Crippen LogP contribution in [0, 0.1) is 0 Å². The minimum absolute atomic E-state index is 0. The molecule has 1 aliphatic rings. The minimum Gasteiger partial charge on any atom is -0.314 e. The molecule has 1 aliphatic heterocycles. The molecule has 2 rings (SSSR count). The highest BCUT2D eigenvalue weighted by molar-refractivity contribution is 8.00. The number of nitrogens with zero attached hydrogens (tertiary/aromatic N) is 1. The Morgan fingerprint density at radius 2 is 1.64 bits per heavy atom. The predicted octanol–water partition coefficient (Wildman–Crippen LogP) is 4.06. The fraction of sp³-hybridized carbons (Fsp3) is 0.538. The van der Waals surface area contributed by atoms with Crippen LogP contribution in [0.25, 0.3) is 0 Å². The molecule has 0 aromatic heterocycles. The van der Waals surface area contributed by atoms with E-state index in [1.165, 1.54) is 12.1 Å². The Kier molecular flexibility index (Phi) is 9.73. The number of alkyl halides is 4. The lowest BCUT2D eigenvalue weighted by Crippen LogP contribution is -2.45. The van der Waals surface area contributed by atoms with Crippen molar-refractivity contribution in [3.8, 4) is 0 Å². The number of piperazine rings is 1. The molecule has 1 fully saturated rings. The maximum absolute atomic E-state index is 13.3. The second kappa shape index (κ2) is 9.82. The highest BCUT2D eigenvalue weighted by Gasteiger charge is 2.29. The van der Waals surface area contributed by atoms with Gasteiger partial charge in [-0.1, -0.05) is 12.1 Å². The van der Waals surface area contributed by atoms with Crippen LogP contribution in [-0.2, 0) is 0 Å². The molecule has 1 saturated heterocycles. The zero-order chi connectivity index (χ0) is 14.6. The van der Waals surface area contributed by atoms with Crippen LogP contribution in [0.4, 0.5) is 17.6 Å². The number of nitrogens with one attached hydrogen (secondary N) is 1. The van der Waals surface area contributed by atoms with Gasteiger partial charge < -0.3 is 5.32 Å². The van der Waals surface area contributed by atoms with Gasteiger partial charge in [-0.25, -0.2) is 4.39 Å². The third-order valence-corrected chi connectivity index (χ3v) is 3.98. The average Bonchev–Trinajstić information content (AvgIpc) is 2.41. The summed E-state index contributed by atoms with van der Waals surface area (Å²) in [7, 11) is 0. The Morgan fingerprint density at radius 1 is 1.09 bits per heavy atom. The fourth-order valence-electron chi connectivity index (χ4n) is 2.28. The maximum Gasteiger partial charge on any atom is 0.446 e. The van der Waals surface area contributed by atoms with Gasteiger partial charge in [0, 0.05) is 31.1 Å². The lowest BCUT2D eigenvalue weighted by atomic mass is 10.1. The summed E-state index contributed by atoms with van der Waals surface area (Å²) in [4.78, 5) is 2.14. The molecule has 0 radical (unpaired) electrons. The molecular weight excluding hydrogens is 363 g/mol. The monoisotopic (exact) mass is 380 g/mol. The summed E-state index contributed by atoms with van der Waals surface area (Å²) in [6.07, 6.45) is 0. The number of hydrogen-bond acceptors (Lipinski definition) is 3. The molecule has 1 aromatic rings. The first-order valence-electron chi connectivity index (χ1n) is 6.36. The highest BCUT2D eigenvalue weighted by Crippen LogP contribution is 2.37. The molecule has 1 aromatic carbocycles. The van der Waals surface area contributed by atoms with Crippen LogP contribution in [-0.4, -0.2) is 43.3 Å². The normalized spacial score (nSPS) is 17.3. The highest BCUT2D eigenvalue weighted by atomic mass is 35.5. The van der Waals surface area contributed by atoms with Crippen LogP contribution < -0.4 is 5.32 Å². The third kappa shape index (κ3) is 6.50. The maximum atomic E-state index is 13.3. The molecule has 2 nitrogen and oxygen atoms in total. The van der Waals surface area contributed by atoms with Crippen LogP contribution in [0.15, 0.2) is 29.2 Å². The Labute approximate surface area is 143 Å². The second-order valence-corrected chi connectivity index (χ2v) is 5.71. The molecule has 0 spiro atoms. The molecule has 1 atom stereocenters. The topological polar surface area (TPSA) is 15.3 Å². The largest absolute Gasteiger partial charge is 0.446 e. The van der Waals surface area contributed by atoms with Crippen molar-refractivity contribution < 1.29 is 17.6 Å². The number of rotatable bonds is 4. The fourth-order valence-corrected chi connectivity index (χ4v) is 2.82. The Bertz CT molecular complexity index is 425. The van der Waals surface area contributed by atoms with E-state index in [0.717, 1.165) is 31.7 Å². The van der Waals surface area contributed by atoms with E-state index in [0.29, 0.717) is 0 Å². The van der Waals surface area contributed by atoms with Gasteiger partial charge in [0.15, 0.2) is 0 Å². The summed E-state index contributed by atoms with van der Waals surface area (Å²) >= 11 is -0.153. The van der Waals surface area contributed by atoms with E-state index in [-0.39, 0.29) is 47.5 Å². The lowest BCUT2D eigenvalue weighted by molar-refractivity contribution is -0.0328. The van der Waals surface area contributed by atoms with E-state index >= 15 is 0 Å². The van der Waals surface area contributed by atoms with Crippen molar-refractivity contribution in [1.82, 2.24) is 10.2 Å². The molecule has 22 heavy (non-hydrogen) atoms. The summed E-state index contributed by atoms with van der Waals surface area (Å²) in [5.41, 5.74) is -3.57. The van der Waals surface area contributed by atoms with E-state index in [1.54, 1.807) is 12.1 Å². The number of hydrogen-bond donors (Lipinski definition) is 1. The molecule has 0 aliphatic carbocycles. The number of thioether (sulfide) groups is 1. The summed E-state index contributed by atoms with van der Waals surface area (Å²) in [6.45, 7) is 2.56. The van der Waals surface area contributed by atoms with E-state index in [4.69, 9.17) is 0 Å². The molecule has 1 heterocycles. The van der Waals surface area contributed by atoms with Crippen LogP contribution in [0.2, 0.25) is 0 Å². The van der Waals surface area contributed by atoms with Crippen molar-refractivity contribution >= 4 is 36.6 Å². The Balaban J connectivity index is 0.00000220.